The Bertz CT molecular complexity index is 867. The second-order valence-corrected chi connectivity index (χ2v) is 6.53. The van der Waals surface area contributed by atoms with Crippen LogP contribution in [0, 0.1) is 0 Å². The maximum atomic E-state index is 12.7. The Labute approximate surface area is 132 Å². The summed E-state index contributed by atoms with van der Waals surface area (Å²) >= 11 is 1.67. The van der Waals surface area contributed by atoms with Crippen LogP contribution < -0.4 is 10.3 Å². The highest BCUT2D eigenvalue weighted by atomic mass is 32.1. The minimum absolute atomic E-state index is 0.0704. The lowest BCUT2D eigenvalue weighted by molar-refractivity contribution is 0.296. The summed E-state index contributed by atoms with van der Waals surface area (Å²) in [4.78, 5) is 19.4. The molecule has 1 aliphatic rings. The van der Waals surface area contributed by atoms with Gasteiger partial charge >= 0.3 is 0 Å². The van der Waals surface area contributed by atoms with E-state index in [4.69, 9.17) is 4.74 Å². The zero-order valence-corrected chi connectivity index (χ0v) is 12.9. The van der Waals surface area contributed by atoms with Crippen LogP contribution in [0.1, 0.15) is 16.9 Å². The summed E-state index contributed by atoms with van der Waals surface area (Å²) in [5, 5.41) is 0.833. The molecule has 0 amide bonds. The van der Waals surface area contributed by atoms with Gasteiger partial charge < -0.3 is 4.74 Å². The minimum Gasteiger partial charge on any atom is -0.492 e. The second-order valence-electron chi connectivity index (χ2n) is 5.44. The first-order chi connectivity index (χ1) is 10.8. The summed E-state index contributed by atoms with van der Waals surface area (Å²) in [6.45, 7) is 0.977. The SMILES string of the molecule is O=c1c2c3c(sc2ncn1CCOc1ccccc1)CCC3. The molecule has 22 heavy (non-hydrogen) atoms. The van der Waals surface area contributed by atoms with Crippen molar-refractivity contribution in [1.29, 1.82) is 0 Å². The summed E-state index contributed by atoms with van der Waals surface area (Å²) in [6, 6.07) is 9.64. The molecule has 3 aromatic rings. The lowest BCUT2D eigenvalue weighted by Gasteiger charge is -2.08. The number of hydrogen-bond donors (Lipinski definition) is 0. The van der Waals surface area contributed by atoms with Crippen molar-refractivity contribution in [2.75, 3.05) is 6.61 Å². The van der Waals surface area contributed by atoms with E-state index in [1.165, 1.54) is 10.4 Å². The Kier molecular flexibility index (Phi) is 3.42. The molecule has 5 heteroatoms. The van der Waals surface area contributed by atoms with Gasteiger partial charge in [0, 0.05) is 4.88 Å². The summed E-state index contributed by atoms with van der Waals surface area (Å²) in [7, 11) is 0. The third-order valence-electron chi connectivity index (χ3n) is 4.04. The largest absolute Gasteiger partial charge is 0.492 e. The number of fused-ring (bicyclic) bond motifs is 3. The molecular formula is C17H16N2O2S. The molecule has 0 unspecified atom stereocenters. The fourth-order valence-electron chi connectivity index (χ4n) is 2.96. The van der Waals surface area contributed by atoms with E-state index in [2.05, 4.69) is 4.98 Å². The van der Waals surface area contributed by atoms with Gasteiger partial charge in [-0.2, -0.15) is 0 Å². The first-order valence-electron chi connectivity index (χ1n) is 7.50. The predicted molar refractivity (Wildman–Crippen MR) is 87.8 cm³/mol. The normalized spacial score (nSPS) is 13.5. The van der Waals surface area contributed by atoms with Crippen LogP contribution in [-0.2, 0) is 19.4 Å². The lowest BCUT2D eigenvalue weighted by atomic mass is 10.2. The standard InChI is InChI=1S/C17H16N2O2S/c20-17-15-13-7-4-8-14(13)22-16(15)18-11-19(17)9-10-21-12-5-2-1-3-6-12/h1-3,5-6,11H,4,7-10H2. The Morgan fingerprint density at radius 2 is 2.09 bits per heavy atom. The Balaban J connectivity index is 1.57. The third kappa shape index (κ3) is 2.31. The molecule has 0 saturated carbocycles. The number of ether oxygens (including phenoxy) is 1. The second kappa shape index (κ2) is 5.57. The van der Waals surface area contributed by atoms with E-state index >= 15 is 0 Å². The van der Waals surface area contributed by atoms with Crippen LogP contribution in [-0.4, -0.2) is 16.2 Å². The monoisotopic (exact) mass is 312 g/mol. The number of para-hydroxylation sites is 1. The summed E-state index contributed by atoms with van der Waals surface area (Å²) in [5.41, 5.74) is 1.30. The quantitative estimate of drug-likeness (QED) is 0.744. The molecule has 0 radical (unpaired) electrons. The number of rotatable bonds is 4. The molecule has 4 nitrogen and oxygen atoms in total. The molecule has 2 heterocycles. The van der Waals surface area contributed by atoms with Crippen molar-refractivity contribution in [2.45, 2.75) is 25.8 Å². The van der Waals surface area contributed by atoms with E-state index in [1.807, 2.05) is 30.3 Å². The van der Waals surface area contributed by atoms with Crippen molar-refractivity contribution < 1.29 is 4.74 Å². The summed E-state index contributed by atoms with van der Waals surface area (Å²) in [5.74, 6) is 0.820. The number of hydrogen-bond acceptors (Lipinski definition) is 4. The Morgan fingerprint density at radius 3 is 2.95 bits per heavy atom. The zero-order valence-electron chi connectivity index (χ0n) is 12.1. The van der Waals surface area contributed by atoms with E-state index < -0.39 is 0 Å². The van der Waals surface area contributed by atoms with Crippen molar-refractivity contribution in [3.05, 3.63) is 57.5 Å². The van der Waals surface area contributed by atoms with Gasteiger partial charge in [0.1, 0.15) is 17.2 Å². The number of thiophene rings is 1. The highest BCUT2D eigenvalue weighted by molar-refractivity contribution is 7.18. The minimum atomic E-state index is 0.0704. The average Bonchev–Trinajstić information content (AvgIpc) is 3.11. The molecule has 0 spiro atoms. The third-order valence-corrected chi connectivity index (χ3v) is 5.24. The first-order valence-corrected chi connectivity index (χ1v) is 8.32. The van der Waals surface area contributed by atoms with Crippen molar-refractivity contribution in [1.82, 2.24) is 9.55 Å². The molecule has 0 atom stereocenters. The topological polar surface area (TPSA) is 44.1 Å². The molecule has 4 rings (SSSR count). The maximum absolute atomic E-state index is 12.7. The molecule has 0 fully saturated rings. The molecule has 0 bridgehead atoms. The highest BCUT2D eigenvalue weighted by Gasteiger charge is 2.21. The van der Waals surface area contributed by atoms with Gasteiger partial charge in [0.15, 0.2) is 0 Å². The van der Waals surface area contributed by atoms with Crippen LogP contribution in [0.15, 0.2) is 41.5 Å². The van der Waals surface area contributed by atoms with Crippen molar-refractivity contribution in [3.63, 3.8) is 0 Å². The van der Waals surface area contributed by atoms with Gasteiger partial charge in [-0.25, -0.2) is 4.98 Å². The number of nitrogens with zero attached hydrogens (tertiary/aromatic N) is 2. The highest BCUT2D eigenvalue weighted by Crippen LogP contribution is 2.34. The Morgan fingerprint density at radius 1 is 1.23 bits per heavy atom. The van der Waals surface area contributed by atoms with Gasteiger partial charge in [-0.1, -0.05) is 18.2 Å². The van der Waals surface area contributed by atoms with E-state index in [1.54, 1.807) is 22.2 Å². The van der Waals surface area contributed by atoms with Crippen LogP contribution in [0.5, 0.6) is 5.75 Å². The van der Waals surface area contributed by atoms with Crippen molar-refractivity contribution >= 4 is 21.6 Å². The van der Waals surface area contributed by atoms with Gasteiger partial charge in [0.05, 0.1) is 18.3 Å². The van der Waals surface area contributed by atoms with Crippen LogP contribution in [0.25, 0.3) is 10.2 Å². The van der Waals surface area contributed by atoms with Gasteiger partial charge in [0.25, 0.3) is 5.56 Å². The van der Waals surface area contributed by atoms with Crippen molar-refractivity contribution in [3.8, 4) is 5.75 Å². The molecule has 112 valence electrons. The lowest BCUT2D eigenvalue weighted by Crippen LogP contribution is -2.23. The van der Waals surface area contributed by atoms with Crippen LogP contribution in [0.4, 0.5) is 0 Å². The van der Waals surface area contributed by atoms with E-state index in [0.717, 1.165) is 35.2 Å². The van der Waals surface area contributed by atoms with Gasteiger partial charge in [0.2, 0.25) is 0 Å². The maximum Gasteiger partial charge on any atom is 0.262 e. The van der Waals surface area contributed by atoms with Crippen LogP contribution in [0.3, 0.4) is 0 Å². The summed E-state index contributed by atoms with van der Waals surface area (Å²) in [6.07, 6.45) is 4.90. The molecule has 1 aliphatic carbocycles. The fraction of sp³-hybridized carbons (Fsp3) is 0.294. The fourth-order valence-corrected chi connectivity index (χ4v) is 4.18. The Hall–Kier alpha value is -2.14. The number of aryl methyl sites for hydroxylation is 2. The molecular weight excluding hydrogens is 296 g/mol. The zero-order chi connectivity index (χ0) is 14.9. The molecule has 0 saturated heterocycles. The van der Waals surface area contributed by atoms with E-state index in [0.29, 0.717) is 13.2 Å². The van der Waals surface area contributed by atoms with E-state index in [-0.39, 0.29) is 5.56 Å². The summed E-state index contributed by atoms with van der Waals surface area (Å²) < 4.78 is 7.33. The average molecular weight is 312 g/mol. The predicted octanol–water partition coefficient (Wildman–Crippen LogP) is 3.03. The smallest absolute Gasteiger partial charge is 0.262 e. The van der Waals surface area contributed by atoms with E-state index in [9.17, 15) is 4.79 Å². The van der Waals surface area contributed by atoms with Crippen molar-refractivity contribution in [2.24, 2.45) is 0 Å². The molecule has 0 N–H and O–H groups in total. The molecule has 2 aromatic heterocycles. The van der Waals surface area contributed by atoms with Crippen LogP contribution >= 0.6 is 11.3 Å². The molecule has 0 aliphatic heterocycles. The first kappa shape index (κ1) is 13.5. The van der Waals surface area contributed by atoms with Gasteiger partial charge in [-0.05, 0) is 37.0 Å². The molecule has 1 aromatic carbocycles. The van der Waals surface area contributed by atoms with Gasteiger partial charge in [-0.3, -0.25) is 9.36 Å². The van der Waals surface area contributed by atoms with Gasteiger partial charge in [-0.15, -0.1) is 11.3 Å². The number of benzene rings is 1. The number of aromatic nitrogens is 2. The van der Waals surface area contributed by atoms with Crippen LogP contribution in [0.2, 0.25) is 0 Å².